The predicted molar refractivity (Wildman–Crippen MR) is 158 cm³/mol. The number of nitriles is 1. The first-order chi connectivity index (χ1) is 19.8. The monoisotopic (exact) mass is 542 g/mol. The Morgan fingerprint density at radius 3 is 2.29 bits per heavy atom. The number of carbonyl (C=O) groups is 2. The normalized spacial score (nSPS) is 15.3. The van der Waals surface area contributed by atoms with Gasteiger partial charge in [0.05, 0.1) is 18.3 Å². The van der Waals surface area contributed by atoms with Crippen LogP contribution in [0, 0.1) is 18.3 Å². The summed E-state index contributed by atoms with van der Waals surface area (Å²) in [6, 6.07) is 26.3. The lowest BCUT2D eigenvalue weighted by Gasteiger charge is -2.32. The predicted octanol–water partition coefficient (Wildman–Crippen LogP) is 6.60. The third-order valence-electron chi connectivity index (χ3n) is 7.27. The smallest absolute Gasteiger partial charge is 0.272 e. The summed E-state index contributed by atoms with van der Waals surface area (Å²) in [5.41, 5.74) is 5.43. The van der Waals surface area contributed by atoms with Gasteiger partial charge in [-0.25, -0.2) is 4.68 Å². The molecule has 0 spiro atoms. The van der Waals surface area contributed by atoms with Gasteiger partial charge in [-0.05, 0) is 80.8 Å². The van der Waals surface area contributed by atoms with Gasteiger partial charge in [0, 0.05) is 22.9 Å². The molecule has 7 nitrogen and oxygen atoms in total. The van der Waals surface area contributed by atoms with Crippen LogP contribution < -0.4 is 4.74 Å². The molecule has 0 saturated heterocycles. The van der Waals surface area contributed by atoms with Gasteiger partial charge in [0.2, 0.25) is 0 Å². The Balaban J connectivity index is 1.68. The maximum Gasteiger partial charge on any atom is 0.272 e. The molecule has 1 aliphatic heterocycles. The Hall–Kier alpha value is -5.22. The van der Waals surface area contributed by atoms with Crippen molar-refractivity contribution in [2.75, 3.05) is 6.61 Å². The fourth-order valence-corrected chi connectivity index (χ4v) is 5.06. The molecule has 0 N–H and O–H groups in total. The number of hydrogen-bond acceptors (Lipinski definition) is 5. The van der Waals surface area contributed by atoms with Gasteiger partial charge in [-0.15, -0.1) is 0 Å². The molecule has 0 aliphatic carbocycles. The maximum atomic E-state index is 14.0. The Kier molecular flexibility index (Phi) is 7.66. The Bertz CT molecular complexity index is 1730. The zero-order chi connectivity index (χ0) is 29.1. The molecule has 4 aromatic rings. The highest BCUT2D eigenvalue weighted by molar-refractivity contribution is 6.20. The molecule has 1 atom stereocenters. The van der Waals surface area contributed by atoms with Crippen molar-refractivity contribution in [3.8, 4) is 28.8 Å². The molecular formula is C34H30N4O3. The summed E-state index contributed by atoms with van der Waals surface area (Å²) in [6.07, 6.45) is 3.60. The van der Waals surface area contributed by atoms with Crippen molar-refractivity contribution < 1.29 is 14.3 Å². The number of para-hydroxylation sites is 1. The zero-order valence-corrected chi connectivity index (χ0v) is 23.5. The van der Waals surface area contributed by atoms with Crippen LogP contribution in [-0.2, 0) is 9.59 Å². The van der Waals surface area contributed by atoms with Gasteiger partial charge in [0.25, 0.3) is 11.8 Å². The number of hydrogen-bond donors (Lipinski definition) is 0. The average molecular weight is 543 g/mol. The van der Waals surface area contributed by atoms with E-state index in [-0.39, 0.29) is 11.1 Å². The minimum absolute atomic E-state index is 0.0483. The number of aromatic nitrogens is 2. The summed E-state index contributed by atoms with van der Waals surface area (Å²) < 4.78 is 7.45. The highest BCUT2D eigenvalue weighted by Crippen LogP contribution is 2.35. The van der Waals surface area contributed by atoms with Gasteiger partial charge in [-0.2, -0.15) is 10.4 Å². The van der Waals surface area contributed by atoms with Crippen molar-refractivity contribution in [1.29, 1.82) is 5.26 Å². The van der Waals surface area contributed by atoms with Crippen LogP contribution in [0.15, 0.2) is 102 Å². The molecule has 1 aromatic heterocycles. The summed E-state index contributed by atoms with van der Waals surface area (Å²) in [5.74, 6) is -0.282. The van der Waals surface area contributed by atoms with Crippen LogP contribution in [0.2, 0.25) is 0 Å². The van der Waals surface area contributed by atoms with E-state index in [1.807, 2.05) is 105 Å². The van der Waals surface area contributed by atoms with Crippen molar-refractivity contribution in [1.82, 2.24) is 14.7 Å². The number of nitrogens with zero attached hydrogens (tertiary/aromatic N) is 4. The summed E-state index contributed by atoms with van der Waals surface area (Å²) in [6.45, 7) is 7.93. The lowest BCUT2D eigenvalue weighted by molar-refractivity contribution is -0.143. The number of rotatable bonds is 7. The van der Waals surface area contributed by atoms with Crippen LogP contribution >= 0.6 is 0 Å². The van der Waals surface area contributed by atoms with Crippen molar-refractivity contribution in [3.05, 3.63) is 118 Å². The van der Waals surface area contributed by atoms with Gasteiger partial charge in [-0.3, -0.25) is 14.5 Å². The van der Waals surface area contributed by atoms with Crippen LogP contribution in [0.4, 0.5) is 0 Å². The quantitative estimate of drug-likeness (QED) is 0.194. The van der Waals surface area contributed by atoms with E-state index in [4.69, 9.17) is 9.84 Å². The van der Waals surface area contributed by atoms with Gasteiger partial charge >= 0.3 is 0 Å². The van der Waals surface area contributed by atoms with Crippen molar-refractivity contribution >= 4 is 17.9 Å². The number of amides is 2. The molecule has 204 valence electrons. The number of aryl methyl sites for hydroxylation is 1. The molecular weight excluding hydrogens is 512 g/mol. The van der Waals surface area contributed by atoms with E-state index in [1.54, 1.807) is 24.6 Å². The van der Waals surface area contributed by atoms with E-state index in [9.17, 15) is 14.9 Å². The molecule has 0 saturated carbocycles. The lowest BCUT2D eigenvalue weighted by Crippen LogP contribution is -2.44. The second-order valence-corrected chi connectivity index (χ2v) is 9.86. The Morgan fingerprint density at radius 1 is 0.976 bits per heavy atom. The van der Waals surface area contributed by atoms with E-state index in [2.05, 4.69) is 0 Å². The van der Waals surface area contributed by atoms with Crippen molar-refractivity contribution in [2.24, 2.45) is 0 Å². The highest BCUT2D eigenvalue weighted by Gasteiger charge is 2.39. The summed E-state index contributed by atoms with van der Waals surface area (Å²) in [4.78, 5) is 28.5. The second kappa shape index (κ2) is 11.5. The van der Waals surface area contributed by atoms with Gasteiger partial charge in [0.1, 0.15) is 23.1 Å². The van der Waals surface area contributed by atoms with E-state index in [1.165, 1.54) is 4.90 Å². The van der Waals surface area contributed by atoms with Crippen molar-refractivity contribution in [3.63, 3.8) is 0 Å². The zero-order valence-electron chi connectivity index (χ0n) is 23.5. The summed E-state index contributed by atoms with van der Waals surface area (Å²) in [7, 11) is 0. The van der Waals surface area contributed by atoms with Crippen LogP contribution in [0.5, 0.6) is 5.75 Å². The van der Waals surface area contributed by atoms with Gasteiger partial charge in [0.15, 0.2) is 0 Å². The van der Waals surface area contributed by atoms with Crippen LogP contribution in [0.1, 0.15) is 43.5 Å². The Morgan fingerprint density at radius 2 is 1.66 bits per heavy atom. The summed E-state index contributed by atoms with van der Waals surface area (Å²) in [5, 5.41) is 14.9. The standard InChI is InChI=1S/C34H30N4O3/c1-5-41-28-16-17-29(22(2)18-28)32-26(21-37(36-32)27-14-10-7-11-15-27)19-30-23(3)31(20-35)34(40)38(33(30)39)24(4)25-12-8-6-9-13-25/h6-19,21,24H,5H2,1-4H3/b30-19+. The molecule has 0 bridgehead atoms. The molecule has 3 aromatic carbocycles. The molecule has 5 rings (SSSR count). The summed E-state index contributed by atoms with van der Waals surface area (Å²) >= 11 is 0. The largest absolute Gasteiger partial charge is 0.494 e. The van der Waals surface area contributed by atoms with Crippen LogP contribution in [0.3, 0.4) is 0 Å². The van der Waals surface area contributed by atoms with Gasteiger partial charge < -0.3 is 4.74 Å². The number of benzene rings is 3. The molecule has 1 aliphatic rings. The van der Waals surface area contributed by atoms with E-state index in [0.29, 0.717) is 23.4 Å². The fourth-order valence-electron chi connectivity index (χ4n) is 5.06. The first kappa shape index (κ1) is 27.4. The minimum atomic E-state index is -0.592. The molecule has 7 heteroatoms. The molecule has 0 fully saturated rings. The Labute approximate surface area is 239 Å². The van der Waals surface area contributed by atoms with Crippen LogP contribution in [-0.4, -0.2) is 33.1 Å². The van der Waals surface area contributed by atoms with Gasteiger partial charge in [-0.1, -0.05) is 48.5 Å². The van der Waals surface area contributed by atoms with Crippen molar-refractivity contribution in [2.45, 2.75) is 33.7 Å². The number of ether oxygens (including phenoxy) is 1. The fraction of sp³-hybridized carbons (Fsp3) is 0.176. The number of carbonyl (C=O) groups excluding carboxylic acids is 2. The lowest BCUT2D eigenvalue weighted by atomic mass is 9.91. The minimum Gasteiger partial charge on any atom is -0.494 e. The van der Waals surface area contributed by atoms with E-state index >= 15 is 0 Å². The maximum absolute atomic E-state index is 14.0. The SMILES string of the molecule is CCOc1ccc(-c2nn(-c3ccccc3)cc2/C=C2/C(=O)N(C(C)c3ccccc3)C(=O)C(C#N)=C2C)c(C)c1. The molecule has 41 heavy (non-hydrogen) atoms. The molecule has 0 radical (unpaired) electrons. The third-order valence-corrected chi connectivity index (χ3v) is 7.27. The molecule has 1 unspecified atom stereocenters. The average Bonchev–Trinajstić information content (AvgIpc) is 3.40. The highest BCUT2D eigenvalue weighted by atomic mass is 16.5. The third kappa shape index (κ3) is 5.20. The van der Waals surface area contributed by atoms with E-state index < -0.39 is 17.9 Å². The first-order valence-electron chi connectivity index (χ1n) is 13.5. The first-order valence-corrected chi connectivity index (χ1v) is 13.5. The number of imide groups is 1. The van der Waals surface area contributed by atoms with E-state index in [0.717, 1.165) is 28.1 Å². The molecule has 2 amide bonds. The second-order valence-electron chi connectivity index (χ2n) is 9.86. The van der Waals surface area contributed by atoms with Crippen LogP contribution in [0.25, 0.3) is 23.0 Å². The molecule has 2 heterocycles. The topological polar surface area (TPSA) is 88.2 Å².